The molecule has 160 valence electrons. The van der Waals surface area contributed by atoms with Gasteiger partial charge in [-0.2, -0.15) is 0 Å². The monoisotopic (exact) mass is 410 g/mol. The third kappa shape index (κ3) is 5.22. The summed E-state index contributed by atoms with van der Waals surface area (Å²) in [5.41, 5.74) is 3.96. The summed E-state index contributed by atoms with van der Waals surface area (Å²) in [6.45, 7) is 5.97. The maximum Gasteiger partial charge on any atom is 0.270 e. The van der Waals surface area contributed by atoms with E-state index in [1.165, 1.54) is 11.1 Å². The summed E-state index contributed by atoms with van der Waals surface area (Å²) in [6, 6.07) is 10.2. The van der Waals surface area contributed by atoms with Gasteiger partial charge in [0, 0.05) is 44.2 Å². The molecule has 1 saturated heterocycles. The van der Waals surface area contributed by atoms with E-state index in [0.717, 1.165) is 44.8 Å². The SMILES string of the molecule is CCc1nc(CC2COC2)cc(C(=O)NC[C@H](O)CN2CCc3ccccc3C2)n1. The Morgan fingerprint density at radius 3 is 2.83 bits per heavy atom. The van der Waals surface area contributed by atoms with Gasteiger partial charge >= 0.3 is 0 Å². The first kappa shape index (κ1) is 20.9. The number of carbonyl (C=O) groups excluding carboxylic acids is 1. The second kappa shape index (κ2) is 9.64. The fourth-order valence-corrected chi connectivity index (χ4v) is 4.00. The van der Waals surface area contributed by atoms with Crippen LogP contribution in [0.5, 0.6) is 0 Å². The van der Waals surface area contributed by atoms with Gasteiger partial charge in [-0.25, -0.2) is 9.97 Å². The van der Waals surface area contributed by atoms with Gasteiger partial charge in [-0.05, 0) is 30.0 Å². The first-order valence-corrected chi connectivity index (χ1v) is 10.8. The van der Waals surface area contributed by atoms with Crippen LogP contribution in [0, 0.1) is 5.92 Å². The van der Waals surface area contributed by atoms with E-state index in [4.69, 9.17) is 4.74 Å². The minimum absolute atomic E-state index is 0.203. The molecule has 1 atom stereocenters. The molecule has 1 aromatic heterocycles. The molecule has 0 aliphatic carbocycles. The summed E-state index contributed by atoms with van der Waals surface area (Å²) in [5, 5.41) is 13.3. The first-order valence-electron chi connectivity index (χ1n) is 10.8. The standard InChI is InChI=1S/C23H30N4O3/c1-2-22-25-19(9-16-14-30-15-16)10-21(26-22)23(29)24-11-20(28)13-27-8-7-17-5-3-4-6-18(17)12-27/h3-6,10,16,20,28H,2,7-9,11-15H2,1H3,(H,24,29)/t20-/m0/s1. The smallest absolute Gasteiger partial charge is 0.270 e. The highest BCUT2D eigenvalue weighted by Crippen LogP contribution is 2.19. The van der Waals surface area contributed by atoms with Gasteiger partial charge in [0.05, 0.1) is 19.3 Å². The minimum Gasteiger partial charge on any atom is -0.390 e. The van der Waals surface area contributed by atoms with Gasteiger partial charge in [-0.3, -0.25) is 9.69 Å². The Kier molecular flexibility index (Phi) is 6.72. The van der Waals surface area contributed by atoms with Gasteiger partial charge in [-0.15, -0.1) is 0 Å². The molecule has 0 saturated carbocycles. The van der Waals surface area contributed by atoms with Crippen LogP contribution in [0.1, 0.15) is 40.1 Å². The summed E-state index contributed by atoms with van der Waals surface area (Å²) in [4.78, 5) is 23.8. The van der Waals surface area contributed by atoms with Crippen molar-refractivity contribution in [3.8, 4) is 0 Å². The third-order valence-corrected chi connectivity index (χ3v) is 5.76. The number of β-amino-alcohol motifs (C(OH)–C–C–N with tert-alkyl or cyclic N) is 1. The van der Waals surface area contributed by atoms with Crippen molar-refractivity contribution in [2.45, 2.75) is 38.8 Å². The van der Waals surface area contributed by atoms with Crippen LogP contribution < -0.4 is 5.32 Å². The lowest BCUT2D eigenvalue weighted by Gasteiger charge is -2.30. The normalized spacial score (nSPS) is 17.8. The van der Waals surface area contributed by atoms with Crippen molar-refractivity contribution in [3.63, 3.8) is 0 Å². The van der Waals surface area contributed by atoms with Crippen molar-refractivity contribution in [2.24, 2.45) is 5.92 Å². The molecule has 30 heavy (non-hydrogen) atoms. The number of hydrogen-bond donors (Lipinski definition) is 2. The van der Waals surface area contributed by atoms with Crippen molar-refractivity contribution in [2.75, 3.05) is 32.8 Å². The molecule has 2 aliphatic rings. The Hall–Kier alpha value is -2.35. The average molecular weight is 411 g/mol. The zero-order valence-electron chi connectivity index (χ0n) is 17.5. The molecule has 0 spiro atoms. The third-order valence-electron chi connectivity index (χ3n) is 5.76. The van der Waals surface area contributed by atoms with Gasteiger partial charge in [-0.1, -0.05) is 31.2 Å². The summed E-state index contributed by atoms with van der Waals surface area (Å²) in [6.07, 6.45) is 1.84. The number of aliphatic hydroxyl groups is 1. The summed E-state index contributed by atoms with van der Waals surface area (Å²) >= 11 is 0. The van der Waals surface area contributed by atoms with E-state index in [2.05, 4.69) is 44.5 Å². The summed E-state index contributed by atoms with van der Waals surface area (Å²) in [5.74, 6) is 0.878. The second-order valence-corrected chi connectivity index (χ2v) is 8.24. The summed E-state index contributed by atoms with van der Waals surface area (Å²) in [7, 11) is 0. The van der Waals surface area contributed by atoms with Crippen molar-refractivity contribution >= 4 is 5.91 Å². The molecule has 4 rings (SSSR count). The quantitative estimate of drug-likeness (QED) is 0.684. The lowest BCUT2D eigenvalue weighted by Crippen LogP contribution is -2.42. The predicted octanol–water partition coefficient (Wildman–Crippen LogP) is 1.38. The molecule has 0 bridgehead atoms. The first-order chi connectivity index (χ1) is 14.6. The number of carbonyl (C=O) groups is 1. The van der Waals surface area contributed by atoms with Crippen LogP contribution in [-0.2, 0) is 30.5 Å². The molecule has 7 nitrogen and oxygen atoms in total. The highest BCUT2D eigenvalue weighted by molar-refractivity contribution is 5.92. The Labute approximate surface area is 177 Å². The molecule has 2 aliphatic heterocycles. The Bertz CT molecular complexity index is 885. The molecule has 1 fully saturated rings. The van der Waals surface area contributed by atoms with Crippen LogP contribution >= 0.6 is 0 Å². The average Bonchev–Trinajstić information content (AvgIpc) is 2.74. The van der Waals surface area contributed by atoms with Crippen LogP contribution in [0.2, 0.25) is 0 Å². The predicted molar refractivity (Wildman–Crippen MR) is 113 cm³/mol. The molecule has 2 aromatic rings. The number of nitrogens with zero attached hydrogens (tertiary/aromatic N) is 3. The van der Waals surface area contributed by atoms with E-state index in [0.29, 0.717) is 30.4 Å². The molecule has 7 heteroatoms. The number of fused-ring (bicyclic) bond motifs is 1. The molecule has 0 unspecified atom stereocenters. The van der Waals surface area contributed by atoms with E-state index in [1.807, 2.05) is 6.92 Å². The van der Waals surface area contributed by atoms with Crippen molar-refractivity contribution in [1.82, 2.24) is 20.2 Å². The largest absolute Gasteiger partial charge is 0.390 e. The molecule has 1 aromatic carbocycles. The Morgan fingerprint density at radius 2 is 2.10 bits per heavy atom. The van der Waals surface area contributed by atoms with Gasteiger partial charge in [0.15, 0.2) is 0 Å². The van der Waals surface area contributed by atoms with Gasteiger partial charge in [0.2, 0.25) is 0 Å². The van der Waals surface area contributed by atoms with Crippen LogP contribution in [0.25, 0.3) is 0 Å². The molecule has 1 amide bonds. The number of nitrogens with one attached hydrogen (secondary N) is 1. The number of amides is 1. The molecular formula is C23H30N4O3. The molecular weight excluding hydrogens is 380 g/mol. The zero-order chi connectivity index (χ0) is 20.9. The number of ether oxygens (including phenoxy) is 1. The van der Waals surface area contributed by atoms with Crippen LogP contribution in [0.3, 0.4) is 0 Å². The van der Waals surface area contributed by atoms with E-state index in [-0.39, 0.29) is 12.5 Å². The maximum absolute atomic E-state index is 12.6. The Morgan fingerprint density at radius 1 is 1.30 bits per heavy atom. The highest BCUT2D eigenvalue weighted by Gasteiger charge is 2.22. The zero-order valence-corrected chi connectivity index (χ0v) is 17.5. The van der Waals surface area contributed by atoms with E-state index >= 15 is 0 Å². The van der Waals surface area contributed by atoms with Crippen LogP contribution in [0.4, 0.5) is 0 Å². The number of benzene rings is 1. The Balaban J connectivity index is 1.30. The molecule has 2 N–H and O–H groups in total. The number of aromatic nitrogens is 2. The number of rotatable bonds is 8. The van der Waals surface area contributed by atoms with Crippen LogP contribution in [0.15, 0.2) is 30.3 Å². The highest BCUT2D eigenvalue weighted by atomic mass is 16.5. The van der Waals surface area contributed by atoms with Gasteiger partial charge in [0.25, 0.3) is 5.91 Å². The lowest BCUT2D eigenvalue weighted by molar-refractivity contribution is -0.0316. The number of aliphatic hydroxyl groups excluding tert-OH is 1. The molecule has 3 heterocycles. The van der Waals surface area contributed by atoms with E-state index in [1.54, 1.807) is 6.07 Å². The van der Waals surface area contributed by atoms with E-state index < -0.39 is 6.10 Å². The van der Waals surface area contributed by atoms with Crippen molar-refractivity contribution < 1.29 is 14.6 Å². The fraction of sp³-hybridized carbons (Fsp3) is 0.522. The van der Waals surface area contributed by atoms with Crippen molar-refractivity contribution in [3.05, 3.63) is 58.7 Å². The fourth-order valence-electron chi connectivity index (χ4n) is 4.00. The number of hydrogen-bond acceptors (Lipinski definition) is 6. The minimum atomic E-state index is -0.627. The summed E-state index contributed by atoms with van der Waals surface area (Å²) < 4.78 is 5.23. The lowest BCUT2D eigenvalue weighted by atomic mass is 10.00. The second-order valence-electron chi connectivity index (χ2n) is 8.24. The van der Waals surface area contributed by atoms with Crippen LogP contribution in [-0.4, -0.2) is 64.8 Å². The molecule has 0 radical (unpaired) electrons. The van der Waals surface area contributed by atoms with Gasteiger partial charge in [0.1, 0.15) is 11.5 Å². The van der Waals surface area contributed by atoms with E-state index in [9.17, 15) is 9.90 Å². The number of aryl methyl sites for hydroxylation is 1. The topological polar surface area (TPSA) is 87.6 Å². The maximum atomic E-state index is 12.6. The van der Waals surface area contributed by atoms with Crippen molar-refractivity contribution in [1.29, 1.82) is 0 Å². The van der Waals surface area contributed by atoms with Gasteiger partial charge < -0.3 is 15.2 Å².